The van der Waals surface area contributed by atoms with Crippen LogP contribution < -0.4 is 10.5 Å². The fourth-order valence-electron chi connectivity index (χ4n) is 1.63. The van der Waals surface area contributed by atoms with E-state index in [2.05, 4.69) is 0 Å². The molecule has 0 spiro atoms. The lowest BCUT2D eigenvalue weighted by atomic mass is 10.0. The lowest BCUT2D eigenvalue weighted by Gasteiger charge is -2.10. The SMILES string of the molecule is COc1cccc(-c2cccc(Cl)c2)c1N. The molecule has 0 radical (unpaired) electrons. The first-order chi connectivity index (χ1) is 7.72. The van der Waals surface area contributed by atoms with Crippen molar-refractivity contribution in [2.45, 2.75) is 0 Å². The molecule has 0 aromatic heterocycles. The second-order valence-corrected chi connectivity index (χ2v) is 3.87. The maximum absolute atomic E-state index is 6.01. The van der Waals surface area contributed by atoms with Crippen LogP contribution in [-0.2, 0) is 0 Å². The molecule has 2 aromatic rings. The zero-order valence-corrected chi connectivity index (χ0v) is 9.66. The van der Waals surface area contributed by atoms with Gasteiger partial charge in [0, 0.05) is 10.6 Å². The van der Waals surface area contributed by atoms with E-state index in [1.807, 2.05) is 42.5 Å². The van der Waals surface area contributed by atoms with Crippen molar-refractivity contribution >= 4 is 17.3 Å². The van der Waals surface area contributed by atoms with Crippen molar-refractivity contribution in [3.63, 3.8) is 0 Å². The maximum atomic E-state index is 6.01. The van der Waals surface area contributed by atoms with E-state index in [0.717, 1.165) is 11.1 Å². The summed E-state index contributed by atoms with van der Waals surface area (Å²) in [6.45, 7) is 0. The van der Waals surface area contributed by atoms with Crippen LogP contribution in [0.2, 0.25) is 5.02 Å². The second-order valence-electron chi connectivity index (χ2n) is 3.43. The molecule has 3 heteroatoms. The summed E-state index contributed by atoms with van der Waals surface area (Å²) < 4.78 is 5.18. The first-order valence-electron chi connectivity index (χ1n) is 4.91. The first kappa shape index (κ1) is 10.8. The highest BCUT2D eigenvalue weighted by Gasteiger charge is 2.07. The molecule has 0 aliphatic heterocycles. The van der Waals surface area contributed by atoms with Crippen LogP contribution in [0.4, 0.5) is 5.69 Å². The summed E-state index contributed by atoms with van der Waals surface area (Å²) in [6, 6.07) is 13.3. The molecule has 0 aliphatic carbocycles. The van der Waals surface area contributed by atoms with E-state index in [-0.39, 0.29) is 0 Å². The van der Waals surface area contributed by atoms with Crippen molar-refractivity contribution in [3.8, 4) is 16.9 Å². The average Bonchev–Trinajstić information content (AvgIpc) is 2.29. The summed E-state index contributed by atoms with van der Waals surface area (Å²) >= 11 is 5.95. The molecule has 2 nitrogen and oxygen atoms in total. The molecule has 0 atom stereocenters. The molecular formula is C13H12ClNO. The van der Waals surface area contributed by atoms with Gasteiger partial charge in [0.1, 0.15) is 5.75 Å². The molecule has 0 amide bonds. The quantitative estimate of drug-likeness (QED) is 0.805. The number of methoxy groups -OCH3 is 1. The lowest BCUT2D eigenvalue weighted by Crippen LogP contribution is -1.94. The van der Waals surface area contributed by atoms with Gasteiger partial charge in [-0.25, -0.2) is 0 Å². The van der Waals surface area contributed by atoms with Crippen LogP contribution in [0.15, 0.2) is 42.5 Å². The highest BCUT2D eigenvalue weighted by Crippen LogP contribution is 2.33. The summed E-state index contributed by atoms with van der Waals surface area (Å²) in [5.41, 5.74) is 8.56. The smallest absolute Gasteiger partial charge is 0.142 e. The van der Waals surface area contributed by atoms with E-state index >= 15 is 0 Å². The molecule has 0 saturated heterocycles. The summed E-state index contributed by atoms with van der Waals surface area (Å²) in [5.74, 6) is 0.678. The van der Waals surface area contributed by atoms with E-state index < -0.39 is 0 Å². The van der Waals surface area contributed by atoms with Crippen LogP contribution in [0, 0.1) is 0 Å². The molecule has 2 aromatic carbocycles. The number of benzene rings is 2. The van der Waals surface area contributed by atoms with E-state index in [1.165, 1.54) is 0 Å². The largest absolute Gasteiger partial charge is 0.495 e. The normalized spacial score (nSPS) is 10.1. The van der Waals surface area contributed by atoms with Crippen LogP contribution >= 0.6 is 11.6 Å². The molecule has 0 aliphatic rings. The van der Waals surface area contributed by atoms with Gasteiger partial charge in [0.2, 0.25) is 0 Å². The maximum Gasteiger partial charge on any atom is 0.142 e. The number of hydrogen-bond donors (Lipinski definition) is 1. The Bertz CT molecular complexity index is 511. The highest BCUT2D eigenvalue weighted by atomic mass is 35.5. The first-order valence-corrected chi connectivity index (χ1v) is 5.28. The number of hydrogen-bond acceptors (Lipinski definition) is 2. The Kier molecular flexibility index (Phi) is 3.02. The third kappa shape index (κ3) is 1.97. The minimum absolute atomic E-state index is 0.632. The Labute approximate surface area is 99.6 Å². The van der Waals surface area contributed by atoms with E-state index in [4.69, 9.17) is 22.1 Å². The molecule has 0 fully saturated rings. The lowest BCUT2D eigenvalue weighted by molar-refractivity contribution is 0.417. The van der Waals surface area contributed by atoms with Gasteiger partial charge in [-0.1, -0.05) is 35.9 Å². The Morgan fingerprint density at radius 1 is 1.12 bits per heavy atom. The van der Waals surface area contributed by atoms with Gasteiger partial charge in [0.05, 0.1) is 12.8 Å². The van der Waals surface area contributed by atoms with Gasteiger partial charge in [-0.2, -0.15) is 0 Å². The van der Waals surface area contributed by atoms with Crippen LogP contribution in [0.5, 0.6) is 5.75 Å². The molecule has 16 heavy (non-hydrogen) atoms. The van der Waals surface area contributed by atoms with E-state index in [9.17, 15) is 0 Å². The standard InChI is InChI=1S/C13H12ClNO/c1-16-12-7-3-6-11(13(12)15)9-4-2-5-10(14)8-9/h2-8H,15H2,1H3. The number of nitrogen functional groups attached to an aromatic ring is 1. The highest BCUT2D eigenvalue weighted by molar-refractivity contribution is 6.30. The van der Waals surface area contributed by atoms with Gasteiger partial charge in [0.25, 0.3) is 0 Å². The van der Waals surface area contributed by atoms with E-state index in [0.29, 0.717) is 16.5 Å². The number of nitrogens with two attached hydrogens (primary N) is 1. The molecule has 0 bridgehead atoms. The van der Waals surface area contributed by atoms with Crippen molar-refractivity contribution < 1.29 is 4.74 Å². The third-order valence-electron chi connectivity index (χ3n) is 2.42. The third-order valence-corrected chi connectivity index (χ3v) is 2.66. The fraction of sp³-hybridized carbons (Fsp3) is 0.0769. The van der Waals surface area contributed by atoms with Gasteiger partial charge < -0.3 is 10.5 Å². The summed E-state index contributed by atoms with van der Waals surface area (Å²) in [6.07, 6.45) is 0. The van der Waals surface area contributed by atoms with Crippen LogP contribution in [0.25, 0.3) is 11.1 Å². The average molecular weight is 234 g/mol. The van der Waals surface area contributed by atoms with Gasteiger partial charge in [-0.05, 0) is 23.8 Å². The van der Waals surface area contributed by atoms with Crippen molar-refractivity contribution in [3.05, 3.63) is 47.5 Å². The Balaban J connectivity index is 2.56. The Morgan fingerprint density at radius 2 is 1.88 bits per heavy atom. The molecule has 0 saturated carbocycles. The fourth-order valence-corrected chi connectivity index (χ4v) is 1.82. The topological polar surface area (TPSA) is 35.2 Å². The number of rotatable bonds is 2. The number of halogens is 1. The number of ether oxygens (including phenoxy) is 1. The van der Waals surface area contributed by atoms with Gasteiger partial charge in [0.15, 0.2) is 0 Å². The number of para-hydroxylation sites is 1. The second kappa shape index (κ2) is 4.45. The van der Waals surface area contributed by atoms with Gasteiger partial charge in [-0.3, -0.25) is 0 Å². The molecule has 82 valence electrons. The molecule has 0 unspecified atom stereocenters. The van der Waals surface area contributed by atoms with E-state index in [1.54, 1.807) is 7.11 Å². The molecule has 2 rings (SSSR count). The van der Waals surface area contributed by atoms with Crippen molar-refractivity contribution in [1.82, 2.24) is 0 Å². The Morgan fingerprint density at radius 3 is 2.56 bits per heavy atom. The predicted molar refractivity (Wildman–Crippen MR) is 67.9 cm³/mol. The van der Waals surface area contributed by atoms with Crippen LogP contribution in [-0.4, -0.2) is 7.11 Å². The minimum Gasteiger partial charge on any atom is -0.495 e. The zero-order valence-electron chi connectivity index (χ0n) is 8.91. The van der Waals surface area contributed by atoms with Crippen molar-refractivity contribution in [2.75, 3.05) is 12.8 Å². The predicted octanol–water partition coefficient (Wildman–Crippen LogP) is 3.60. The molecular weight excluding hydrogens is 222 g/mol. The van der Waals surface area contributed by atoms with Gasteiger partial charge in [-0.15, -0.1) is 0 Å². The van der Waals surface area contributed by atoms with Crippen LogP contribution in [0.1, 0.15) is 0 Å². The minimum atomic E-state index is 0.632. The summed E-state index contributed by atoms with van der Waals surface area (Å²) in [5, 5.41) is 0.694. The number of anilines is 1. The Hall–Kier alpha value is -1.67. The van der Waals surface area contributed by atoms with Crippen molar-refractivity contribution in [1.29, 1.82) is 0 Å². The zero-order chi connectivity index (χ0) is 11.5. The van der Waals surface area contributed by atoms with Crippen molar-refractivity contribution in [2.24, 2.45) is 0 Å². The molecule has 0 heterocycles. The summed E-state index contributed by atoms with van der Waals surface area (Å²) in [7, 11) is 1.60. The monoisotopic (exact) mass is 233 g/mol. The van der Waals surface area contributed by atoms with Crippen LogP contribution in [0.3, 0.4) is 0 Å². The van der Waals surface area contributed by atoms with Gasteiger partial charge >= 0.3 is 0 Å². The summed E-state index contributed by atoms with van der Waals surface area (Å²) in [4.78, 5) is 0. The molecule has 2 N–H and O–H groups in total.